The van der Waals surface area contributed by atoms with Crippen LogP contribution in [0.15, 0.2) is 66.1 Å². The fourth-order valence-corrected chi connectivity index (χ4v) is 4.39. The van der Waals surface area contributed by atoms with E-state index >= 15 is 0 Å². The number of rotatable bonds is 8. The van der Waals surface area contributed by atoms with Gasteiger partial charge in [0.1, 0.15) is 0 Å². The molecule has 1 saturated carbocycles. The summed E-state index contributed by atoms with van der Waals surface area (Å²) in [5, 5.41) is 0. The highest BCUT2D eigenvalue weighted by atomic mass is 32.2. The molecule has 1 aliphatic rings. The number of amides is 1. The monoisotopic (exact) mass is 452 g/mol. The minimum atomic E-state index is -4.48. The van der Waals surface area contributed by atoms with Crippen molar-refractivity contribution in [2.24, 2.45) is 0 Å². The molecule has 1 unspecified atom stereocenters. The number of alkyl halides is 3. The average Bonchev–Trinajstić information content (AvgIpc) is 3.57. The number of halogens is 3. The van der Waals surface area contributed by atoms with Crippen molar-refractivity contribution in [3.8, 4) is 0 Å². The van der Waals surface area contributed by atoms with E-state index in [1.807, 2.05) is 0 Å². The van der Waals surface area contributed by atoms with Crippen molar-refractivity contribution in [2.75, 3.05) is 6.54 Å². The maximum Gasteiger partial charge on any atom is 0.416 e. The van der Waals surface area contributed by atoms with Gasteiger partial charge in [-0.25, -0.2) is 13.1 Å². The fourth-order valence-electron chi connectivity index (χ4n) is 3.34. The van der Waals surface area contributed by atoms with Gasteiger partial charge in [-0.1, -0.05) is 24.3 Å². The van der Waals surface area contributed by atoms with Gasteiger partial charge in [-0.3, -0.25) is 4.79 Å². The summed E-state index contributed by atoms with van der Waals surface area (Å²) in [6.07, 6.45) is -1.59. The van der Waals surface area contributed by atoms with Gasteiger partial charge in [0.25, 0.3) is 5.91 Å². The Kier molecular flexibility index (Phi) is 6.56. The van der Waals surface area contributed by atoms with Crippen molar-refractivity contribution in [1.29, 1.82) is 0 Å². The second-order valence-corrected chi connectivity index (χ2v) is 9.18. The summed E-state index contributed by atoms with van der Waals surface area (Å²) in [5.41, 5.74) is -0.250. The smallest absolute Gasteiger partial charge is 0.329 e. The maximum absolute atomic E-state index is 13.3. The first kappa shape index (κ1) is 23.0. The van der Waals surface area contributed by atoms with Gasteiger partial charge < -0.3 is 4.90 Å². The molecule has 166 valence electrons. The van der Waals surface area contributed by atoms with E-state index < -0.39 is 33.7 Å². The van der Waals surface area contributed by atoms with Crippen LogP contribution in [0, 0.1) is 0 Å². The summed E-state index contributed by atoms with van der Waals surface area (Å²) in [6, 6.07) is 9.83. The Morgan fingerprint density at radius 1 is 1.23 bits per heavy atom. The largest absolute Gasteiger partial charge is 0.416 e. The minimum Gasteiger partial charge on any atom is -0.329 e. The highest BCUT2D eigenvalue weighted by Gasteiger charge is 2.38. The molecule has 1 fully saturated rings. The molecule has 9 heteroatoms. The lowest BCUT2D eigenvalue weighted by Gasteiger charge is -2.30. The fraction of sp³-hybridized carbons (Fsp3) is 0.318. The zero-order valence-corrected chi connectivity index (χ0v) is 17.7. The molecule has 3 rings (SSSR count). The number of carbonyl (C=O) groups excluding carboxylic acids is 1. The highest BCUT2D eigenvalue weighted by molar-refractivity contribution is 7.89. The topological polar surface area (TPSA) is 66.5 Å². The second kappa shape index (κ2) is 8.84. The van der Waals surface area contributed by atoms with Gasteiger partial charge in [-0.15, -0.1) is 6.58 Å². The molecule has 1 atom stereocenters. The molecule has 0 aliphatic heterocycles. The summed E-state index contributed by atoms with van der Waals surface area (Å²) in [5.74, 6) is -0.423. The number of hydrogen-bond acceptors (Lipinski definition) is 3. The Hall–Kier alpha value is -2.65. The quantitative estimate of drug-likeness (QED) is 0.599. The molecule has 1 amide bonds. The van der Waals surface area contributed by atoms with Crippen molar-refractivity contribution < 1.29 is 26.4 Å². The number of nitrogens with one attached hydrogen (secondary N) is 1. The van der Waals surface area contributed by atoms with E-state index in [4.69, 9.17) is 0 Å². The van der Waals surface area contributed by atoms with Crippen LogP contribution >= 0.6 is 0 Å². The standard InChI is InChI=1S/C22H23F3N2O3S/c1-3-12-26-31(29,30)20-9-5-7-17(14-20)21(28)27(19-10-11-19)15(2)16-6-4-8-18(13-16)22(23,24)25/h3-9,13-15,19,26H,1,10-12H2,2H3. The zero-order valence-electron chi connectivity index (χ0n) is 16.9. The van der Waals surface area contributed by atoms with Crippen LogP contribution < -0.4 is 4.72 Å². The van der Waals surface area contributed by atoms with E-state index in [2.05, 4.69) is 11.3 Å². The van der Waals surface area contributed by atoms with E-state index in [-0.39, 0.29) is 23.0 Å². The molecule has 0 bridgehead atoms. The summed E-state index contributed by atoms with van der Waals surface area (Å²) >= 11 is 0. The van der Waals surface area contributed by atoms with Gasteiger partial charge in [0, 0.05) is 18.2 Å². The molecular weight excluding hydrogens is 429 g/mol. The van der Waals surface area contributed by atoms with Crippen LogP contribution in [-0.2, 0) is 16.2 Å². The summed E-state index contributed by atoms with van der Waals surface area (Å²) < 4.78 is 66.5. The number of nitrogens with zero attached hydrogens (tertiary/aromatic N) is 1. The van der Waals surface area contributed by atoms with Crippen LogP contribution in [-0.4, -0.2) is 31.8 Å². The van der Waals surface area contributed by atoms with Crippen LogP contribution in [0.3, 0.4) is 0 Å². The summed E-state index contributed by atoms with van der Waals surface area (Å²) in [6.45, 7) is 5.19. The summed E-state index contributed by atoms with van der Waals surface area (Å²) in [7, 11) is -3.82. The molecule has 0 aromatic heterocycles. The number of benzene rings is 2. The van der Waals surface area contributed by atoms with Gasteiger partial charge in [0.2, 0.25) is 10.0 Å². The molecule has 0 heterocycles. The van der Waals surface area contributed by atoms with Gasteiger partial charge in [-0.05, 0) is 55.7 Å². The zero-order chi connectivity index (χ0) is 22.8. The Morgan fingerprint density at radius 3 is 2.52 bits per heavy atom. The predicted octanol–water partition coefficient (Wildman–Crippen LogP) is 4.54. The van der Waals surface area contributed by atoms with E-state index in [9.17, 15) is 26.4 Å². The Bertz CT molecular complexity index is 1080. The molecule has 1 aliphatic carbocycles. The molecule has 5 nitrogen and oxygen atoms in total. The Morgan fingerprint density at radius 2 is 1.90 bits per heavy atom. The van der Waals surface area contributed by atoms with Crippen molar-refractivity contribution in [1.82, 2.24) is 9.62 Å². The maximum atomic E-state index is 13.3. The summed E-state index contributed by atoms with van der Waals surface area (Å²) in [4.78, 5) is 14.8. The lowest BCUT2D eigenvalue weighted by Crippen LogP contribution is -2.36. The van der Waals surface area contributed by atoms with Crippen molar-refractivity contribution in [2.45, 2.75) is 42.9 Å². The SMILES string of the molecule is C=CCNS(=O)(=O)c1cccc(C(=O)N(C2CC2)C(C)c2cccc(C(F)(F)F)c2)c1. The Balaban J connectivity index is 1.92. The lowest BCUT2D eigenvalue weighted by atomic mass is 10.0. The van der Waals surface area contributed by atoms with Gasteiger partial charge in [-0.2, -0.15) is 13.2 Å². The van der Waals surface area contributed by atoms with E-state index in [1.54, 1.807) is 17.9 Å². The first-order valence-corrected chi connectivity index (χ1v) is 11.2. The molecule has 31 heavy (non-hydrogen) atoms. The third-order valence-corrected chi connectivity index (χ3v) is 6.52. The molecule has 2 aromatic rings. The van der Waals surface area contributed by atoms with Gasteiger partial charge >= 0.3 is 6.18 Å². The first-order valence-electron chi connectivity index (χ1n) is 9.75. The normalized spacial score (nSPS) is 15.4. The lowest BCUT2D eigenvalue weighted by molar-refractivity contribution is -0.137. The molecule has 2 aromatic carbocycles. The number of hydrogen-bond donors (Lipinski definition) is 1. The van der Waals surface area contributed by atoms with Crippen LogP contribution in [0.1, 0.15) is 47.3 Å². The van der Waals surface area contributed by atoms with Crippen molar-refractivity contribution in [3.05, 3.63) is 77.9 Å². The molecule has 0 spiro atoms. The van der Waals surface area contributed by atoms with Crippen LogP contribution in [0.4, 0.5) is 13.2 Å². The van der Waals surface area contributed by atoms with Crippen molar-refractivity contribution in [3.63, 3.8) is 0 Å². The second-order valence-electron chi connectivity index (χ2n) is 7.41. The van der Waals surface area contributed by atoms with Crippen LogP contribution in [0.25, 0.3) is 0 Å². The predicted molar refractivity (Wildman–Crippen MR) is 111 cm³/mol. The third-order valence-electron chi connectivity index (χ3n) is 5.10. The third kappa shape index (κ3) is 5.34. The Labute approximate surface area is 179 Å². The first-order chi connectivity index (χ1) is 14.5. The van der Waals surface area contributed by atoms with E-state index in [0.29, 0.717) is 5.56 Å². The van der Waals surface area contributed by atoms with E-state index in [0.717, 1.165) is 25.0 Å². The highest BCUT2D eigenvalue weighted by Crippen LogP contribution is 2.37. The minimum absolute atomic E-state index is 0.0429. The van der Waals surface area contributed by atoms with Gasteiger partial charge in [0.15, 0.2) is 0 Å². The molecule has 0 saturated heterocycles. The van der Waals surface area contributed by atoms with E-state index in [1.165, 1.54) is 36.4 Å². The number of carbonyl (C=O) groups is 1. The molecule has 1 N–H and O–H groups in total. The average molecular weight is 452 g/mol. The van der Waals surface area contributed by atoms with Crippen LogP contribution in [0.2, 0.25) is 0 Å². The molecular formula is C22H23F3N2O3S. The van der Waals surface area contributed by atoms with Gasteiger partial charge in [0.05, 0.1) is 16.5 Å². The van der Waals surface area contributed by atoms with Crippen LogP contribution in [0.5, 0.6) is 0 Å². The molecule has 0 radical (unpaired) electrons. The number of sulfonamides is 1. The van der Waals surface area contributed by atoms with Crippen molar-refractivity contribution >= 4 is 15.9 Å².